The molecule has 0 radical (unpaired) electrons. The van der Waals surface area contributed by atoms with Crippen molar-refractivity contribution in [3.8, 4) is 0 Å². The molecule has 1 aliphatic rings. The largest absolute Gasteiger partial charge is 0.393 e. The topological polar surface area (TPSA) is 20.2 Å². The highest BCUT2D eigenvalue weighted by Crippen LogP contribution is 2.34. The first-order valence-electron chi connectivity index (χ1n) is 4.98. The van der Waals surface area contributed by atoms with Crippen LogP contribution in [0.25, 0.3) is 0 Å². The fraction of sp³-hybridized carbons (Fsp3) is 0.636. The predicted octanol–water partition coefficient (Wildman–Crippen LogP) is 2.76. The Hall–Kier alpha value is -0.340. The molecule has 1 atom stereocenters. The summed E-state index contributed by atoms with van der Waals surface area (Å²) in [5, 5.41) is 11.8. The zero-order valence-corrected chi connectivity index (χ0v) is 8.81. The fourth-order valence-electron chi connectivity index (χ4n) is 1.66. The maximum atomic E-state index is 9.68. The van der Waals surface area contributed by atoms with Gasteiger partial charge in [-0.15, -0.1) is 11.3 Å². The van der Waals surface area contributed by atoms with Crippen LogP contribution >= 0.6 is 11.3 Å². The van der Waals surface area contributed by atoms with Crippen molar-refractivity contribution in [1.82, 2.24) is 0 Å². The Bertz CT molecular complexity index is 275. The molecule has 2 rings (SSSR count). The van der Waals surface area contributed by atoms with E-state index in [4.69, 9.17) is 0 Å². The first-order chi connectivity index (χ1) is 6.27. The van der Waals surface area contributed by atoms with Crippen LogP contribution in [0.1, 0.15) is 29.7 Å². The van der Waals surface area contributed by atoms with Crippen molar-refractivity contribution >= 4 is 11.3 Å². The highest BCUT2D eigenvalue weighted by Gasteiger charge is 2.29. The monoisotopic (exact) mass is 196 g/mol. The summed E-state index contributed by atoms with van der Waals surface area (Å²) in [6, 6.07) is 2.16. The van der Waals surface area contributed by atoms with Gasteiger partial charge in [0.25, 0.3) is 0 Å². The van der Waals surface area contributed by atoms with Crippen molar-refractivity contribution in [2.24, 2.45) is 5.92 Å². The van der Waals surface area contributed by atoms with E-state index < -0.39 is 0 Å². The molecule has 1 nitrogen and oxygen atoms in total. The Morgan fingerprint density at radius 2 is 2.38 bits per heavy atom. The number of aliphatic hydroxyl groups excluding tert-OH is 1. The van der Waals surface area contributed by atoms with Gasteiger partial charge in [-0.05, 0) is 55.5 Å². The number of hydrogen-bond donors (Lipinski definition) is 1. The molecule has 72 valence electrons. The van der Waals surface area contributed by atoms with Crippen LogP contribution in [0.5, 0.6) is 0 Å². The van der Waals surface area contributed by atoms with Crippen molar-refractivity contribution in [2.45, 2.75) is 38.7 Å². The molecule has 13 heavy (non-hydrogen) atoms. The molecular formula is C11H16OS. The number of hydrogen-bond acceptors (Lipinski definition) is 2. The summed E-state index contributed by atoms with van der Waals surface area (Å²) in [6.07, 6.45) is 4.45. The molecule has 1 aromatic rings. The lowest BCUT2D eigenvalue weighted by Gasteiger charge is -2.07. The summed E-state index contributed by atoms with van der Waals surface area (Å²) in [7, 11) is 0. The first kappa shape index (κ1) is 9.22. The SMILES string of the molecule is Cc1ccsc1CCC(O)C1CC1. The number of aryl methyl sites for hydroxylation is 2. The molecule has 1 N–H and O–H groups in total. The second kappa shape index (κ2) is 3.81. The van der Waals surface area contributed by atoms with E-state index >= 15 is 0 Å². The van der Waals surface area contributed by atoms with Crippen LogP contribution in [0.3, 0.4) is 0 Å². The van der Waals surface area contributed by atoms with Gasteiger partial charge in [0.15, 0.2) is 0 Å². The van der Waals surface area contributed by atoms with Gasteiger partial charge in [0.05, 0.1) is 6.10 Å². The van der Waals surface area contributed by atoms with E-state index in [0.29, 0.717) is 5.92 Å². The average molecular weight is 196 g/mol. The van der Waals surface area contributed by atoms with Crippen LogP contribution in [-0.2, 0) is 6.42 Å². The molecule has 0 spiro atoms. The van der Waals surface area contributed by atoms with Crippen molar-refractivity contribution in [2.75, 3.05) is 0 Å². The highest BCUT2D eigenvalue weighted by atomic mass is 32.1. The molecule has 1 fully saturated rings. The molecular weight excluding hydrogens is 180 g/mol. The lowest BCUT2D eigenvalue weighted by Crippen LogP contribution is -2.09. The first-order valence-corrected chi connectivity index (χ1v) is 5.86. The Morgan fingerprint density at radius 1 is 1.62 bits per heavy atom. The van der Waals surface area contributed by atoms with Gasteiger partial charge in [-0.3, -0.25) is 0 Å². The molecule has 0 aliphatic heterocycles. The Kier molecular flexibility index (Phi) is 2.70. The standard InChI is InChI=1S/C11H16OS/c1-8-6-7-13-11(8)5-4-10(12)9-2-3-9/h6-7,9-10,12H,2-5H2,1H3. The molecule has 1 heterocycles. The summed E-state index contributed by atoms with van der Waals surface area (Å²) in [6.45, 7) is 2.15. The Morgan fingerprint density at radius 3 is 2.92 bits per heavy atom. The van der Waals surface area contributed by atoms with Crippen LogP contribution in [0.15, 0.2) is 11.4 Å². The zero-order chi connectivity index (χ0) is 9.26. The molecule has 1 unspecified atom stereocenters. The van der Waals surface area contributed by atoms with Crippen molar-refractivity contribution in [3.63, 3.8) is 0 Å². The van der Waals surface area contributed by atoms with Gasteiger partial charge in [0.2, 0.25) is 0 Å². The molecule has 1 aromatic heterocycles. The van der Waals surface area contributed by atoms with Crippen molar-refractivity contribution in [1.29, 1.82) is 0 Å². The second-order valence-electron chi connectivity index (χ2n) is 3.97. The van der Waals surface area contributed by atoms with E-state index in [1.165, 1.54) is 23.3 Å². The van der Waals surface area contributed by atoms with E-state index in [9.17, 15) is 5.11 Å². The predicted molar refractivity (Wildman–Crippen MR) is 56.1 cm³/mol. The lowest BCUT2D eigenvalue weighted by atomic mass is 10.1. The van der Waals surface area contributed by atoms with Crippen molar-refractivity contribution < 1.29 is 5.11 Å². The Labute approximate surface area is 83.4 Å². The third-order valence-electron chi connectivity index (χ3n) is 2.80. The van der Waals surface area contributed by atoms with Crippen molar-refractivity contribution in [3.05, 3.63) is 21.9 Å². The highest BCUT2D eigenvalue weighted by molar-refractivity contribution is 7.10. The third-order valence-corrected chi connectivity index (χ3v) is 3.88. The van der Waals surface area contributed by atoms with Gasteiger partial charge in [-0.25, -0.2) is 0 Å². The number of thiophene rings is 1. The number of aliphatic hydroxyl groups is 1. The minimum Gasteiger partial charge on any atom is -0.393 e. The molecule has 0 bridgehead atoms. The molecule has 1 saturated carbocycles. The van der Waals surface area contributed by atoms with E-state index in [2.05, 4.69) is 18.4 Å². The fourth-order valence-corrected chi connectivity index (χ4v) is 2.58. The Balaban J connectivity index is 1.81. The summed E-state index contributed by atoms with van der Waals surface area (Å²) < 4.78 is 0. The van der Waals surface area contributed by atoms with E-state index in [1.807, 2.05) is 11.3 Å². The quantitative estimate of drug-likeness (QED) is 0.785. The minimum atomic E-state index is -0.0403. The molecule has 1 aliphatic carbocycles. The van der Waals surface area contributed by atoms with E-state index in [1.54, 1.807) is 0 Å². The minimum absolute atomic E-state index is 0.0403. The summed E-state index contributed by atoms with van der Waals surface area (Å²) in [5.74, 6) is 0.625. The van der Waals surface area contributed by atoms with Gasteiger partial charge in [-0.2, -0.15) is 0 Å². The van der Waals surface area contributed by atoms with E-state index in [0.717, 1.165) is 12.8 Å². The normalized spacial score (nSPS) is 18.9. The lowest BCUT2D eigenvalue weighted by molar-refractivity contribution is 0.142. The molecule has 0 saturated heterocycles. The van der Waals surface area contributed by atoms with Gasteiger partial charge >= 0.3 is 0 Å². The van der Waals surface area contributed by atoms with Crippen LogP contribution in [0.2, 0.25) is 0 Å². The zero-order valence-electron chi connectivity index (χ0n) is 7.99. The molecule has 0 amide bonds. The van der Waals surface area contributed by atoms with Crippen LogP contribution < -0.4 is 0 Å². The van der Waals surface area contributed by atoms with Crippen LogP contribution in [0.4, 0.5) is 0 Å². The summed E-state index contributed by atoms with van der Waals surface area (Å²) >= 11 is 1.81. The summed E-state index contributed by atoms with van der Waals surface area (Å²) in [4.78, 5) is 1.44. The smallest absolute Gasteiger partial charge is 0.0571 e. The average Bonchev–Trinajstić information content (AvgIpc) is 2.88. The molecule has 0 aromatic carbocycles. The maximum absolute atomic E-state index is 9.68. The number of rotatable bonds is 4. The van der Waals surface area contributed by atoms with E-state index in [-0.39, 0.29) is 6.10 Å². The summed E-state index contributed by atoms with van der Waals surface area (Å²) in [5.41, 5.74) is 1.38. The van der Waals surface area contributed by atoms with Gasteiger partial charge in [0, 0.05) is 4.88 Å². The van der Waals surface area contributed by atoms with Crippen LogP contribution in [-0.4, -0.2) is 11.2 Å². The maximum Gasteiger partial charge on any atom is 0.0571 e. The van der Waals surface area contributed by atoms with Gasteiger partial charge < -0.3 is 5.11 Å². The van der Waals surface area contributed by atoms with Gasteiger partial charge in [0.1, 0.15) is 0 Å². The van der Waals surface area contributed by atoms with Crippen LogP contribution in [0, 0.1) is 12.8 Å². The second-order valence-corrected chi connectivity index (χ2v) is 4.97. The third kappa shape index (κ3) is 2.32. The molecule has 2 heteroatoms. The van der Waals surface area contributed by atoms with Gasteiger partial charge in [-0.1, -0.05) is 0 Å².